The van der Waals surface area contributed by atoms with Crippen LogP contribution in [-0.4, -0.2) is 16.0 Å². The fourth-order valence-corrected chi connectivity index (χ4v) is 1.69. The van der Waals surface area contributed by atoms with Gasteiger partial charge in [-0.3, -0.25) is 0 Å². The topological polar surface area (TPSA) is 40.5 Å². The summed E-state index contributed by atoms with van der Waals surface area (Å²) in [7, 11) is 0. The van der Waals surface area contributed by atoms with Crippen molar-refractivity contribution in [2.75, 3.05) is 0 Å². The monoisotopic (exact) mass is 194 g/mol. The third-order valence-corrected chi connectivity index (χ3v) is 2.40. The van der Waals surface area contributed by atoms with Gasteiger partial charge in [0.05, 0.1) is 0 Å². The lowest BCUT2D eigenvalue weighted by Crippen LogP contribution is -2.25. The SMILES string of the molecule is CCC(CC(C)(O)O)c1ccccc1. The molecule has 0 saturated heterocycles. The first-order chi connectivity index (χ1) is 6.53. The smallest absolute Gasteiger partial charge is 0.160 e. The summed E-state index contributed by atoms with van der Waals surface area (Å²) in [4.78, 5) is 0. The van der Waals surface area contributed by atoms with Crippen molar-refractivity contribution in [3.63, 3.8) is 0 Å². The van der Waals surface area contributed by atoms with E-state index in [1.807, 2.05) is 30.3 Å². The van der Waals surface area contributed by atoms with Gasteiger partial charge in [0.2, 0.25) is 0 Å². The Labute approximate surface area is 85.2 Å². The molecule has 1 atom stereocenters. The third-order valence-electron chi connectivity index (χ3n) is 2.40. The van der Waals surface area contributed by atoms with E-state index in [0.717, 1.165) is 6.42 Å². The van der Waals surface area contributed by atoms with Crippen molar-refractivity contribution in [3.8, 4) is 0 Å². The number of benzene rings is 1. The molecule has 14 heavy (non-hydrogen) atoms. The molecule has 1 aromatic carbocycles. The summed E-state index contributed by atoms with van der Waals surface area (Å²) in [5.74, 6) is -1.35. The van der Waals surface area contributed by atoms with E-state index in [1.165, 1.54) is 12.5 Å². The van der Waals surface area contributed by atoms with E-state index in [-0.39, 0.29) is 5.92 Å². The first kappa shape index (κ1) is 11.2. The van der Waals surface area contributed by atoms with E-state index >= 15 is 0 Å². The van der Waals surface area contributed by atoms with Crippen molar-refractivity contribution in [2.45, 2.75) is 38.4 Å². The highest BCUT2D eigenvalue weighted by Crippen LogP contribution is 2.27. The molecule has 0 aliphatic carbocycles. The molecule has 1 rings (SSSR count). The van der Waals surface area contributed by atoms with Gasteiger partial charge >= 0.3 is 0 Å². The van der Waals surface area contributed by atoms with Crippen LogP contribution in [0, 0.1) is 0 Å². The predicted octanol–water partition coefficient (Wildman–Crippen LogP) is 2.27. The maximum absolute atomic E-state index is 9.34. The predicted molar refractivity (Wildman–Crippen MR) is 56.9 cm³/mol. The van der Waals surface area contributed by atoms with E-state index in [4.69, 9.17) is 0 Å². The highest BCUT2D eigenvalue weighted by atomic mass is 16.5. The van der Waals surface area contributed by atoms with Gasteiger partial charge in [-0.15, -0.1) is 0 Å². The van der Waals surface area contributed by atoms with Crippen LogP contribution in [0.1, 0.15) is 38.2 Å². The summed E-state index contributed by atoms with van der Waals surface area (Å²) in [6.07, 6.45) is 1.30. The van der Waals surface area contributed by atoms with Crippen LogP contribution in [-0.2, 0) is 0 Å². The van der Waals surface area contributed by atoms with E-state index < -0.39 is 5.79 Å². The van der Waals surface area contributed by atoms with Gasteiger partial charge in [0.15, 0.2) is 5.79 Å². The molecule has 0 aliphatic heterocycles. The molecule has 78 valence electrons. The van der Waals surface area contributed by atoms with Gasteiger partial charge in [-0.25, -0.2) is 0 Å². The lowest BCUT2D eigenvalue weighted by molar-refractivity contribution is -0.153. The van der Waals surface area contributed by atoms with Crippen molar-refractivity contribution in [1.29, 1.82) is 0 Å². The highest BCUT2D eigenvalue weighted by Gasteiger charge is 2.21. The van der Waals surface area contributed by atoms with Gasteiger partial charge in [-0.2, -0.15) is 0 Å². The van der Waals surface area contributed by atoms with Gasteiger partial charge in [0.1, 0.15) is 0 Å². The molecule has 2 heteroatoms. The molecule has 0 radical (unpaired) electrons. The van der Waals surface area contributed by atoms with E-state index in [9.17, 15) is 10.2 Å². The van der Waals surface area contributed by atoms with Crippen LogP contribution < -0.4 is 0 Å². The second kappa shape index (κ2) is 4.58. The van der Waals surface area contributed by atoms with Crippen LogP contribution >= 0.6 is 0 Å². The van der Waals surface area contributed by atoms with E-state index in [0.29, 0.717) is 6.42 Å². The van der Waals surface area contributed by atoms with Crippen LogP contribution in [0.4, 0.5) is 0 Å². The molecule has 2 nitrogen and oxygen atoms in total. The first-order valence-corrected chi connectivity index (χ1v) is 5.02. The quantitative estimate of drug-likeness (QED) is 0.722. The average Bonchev–Trinajstić information content (AvgIpc) is 2.14. The first-order valence-electron chi connectivity index (χ1n) is 5.02. The van der Waals surface area contributed by atoms with Crippen molar-refractivity contribution >= 4 is 0 Å². The molecule has 0 aromatic heterocycles. The lowest BCUT2D eigenvalue weighted by atomic mass is 9.90. The van der Waals surface area contributed by atoms with Crippen LogP contribution in [0.5, 0.6) is 0 Å². The summed E-state index contributed by atoms with van der Waals surface area (Å²) in [5.41, 5.74) is 1.17. The molecular weight excluding hydrogens is 176 g/mol. The molecule has 0 amide bonds. The number of hydrogen-bond donors (Lipinski definition) is 2. The van der Waals surface area contributed by atoms with Gasteiger partial charge in [0, 0.05) is 6.42 Å². The summed E-state index contributed by atoms with van der Waals surface area (Å²) < 4.78 is 0. The summed E-state index contributed by atoms with van der Waals surface area (Å²) in [6.45, 7) is 3.49. The Morgan fingerprint density at radius 3 is 2.21 bits per heavy atom. The van der Waals surface area contributed by atoms with E-state index in [1.54, 1.807) is 0 Å². The molecule has 0 bridgehead atoms. The normalized spacial score (nSPS) is 14.0. The standard InChI is InChI=1S/C12H18O2/c1-3-10(9-12(2,13)14)11-7-5-4-6-8-11/h4-8,10,13-14H,3,9H2,1-2H3. The molecule has 0 saturated carbocycles. The molecule has 1 aromatic rings. The minimum absolute atomic E-state index is 0.219. The van der Waals surface area contributed by atoms with Crippen molar-refractivity contribution < 1.29 is 10.2 Å². The zero-order valence-corrected chi connectivity index (χ0v) is 8.77. The minimum atomic E-state index is -1.57. The summed E-state index contributed by atoms with van der Waals surface area (Å²) in [6, 6.07) is 9.97. The van der Waals surface area contributed by atoms with Gasteiger partial charge < -0.3 is 10.2 Å². The Hall–Kier alpha value is -0.860. The van der Waals surface area contributed by atoms with Crippen LogP contribution in [0.3, 0.4) is 0 Å². The van der Waals surface area contributed by atoms with Gasteiger partial charge in [-0.1, -0.05) is 37.3 Å². The van der Waals surface area contributed by atoms with E-state index in [2.05, 4.69) is 6.92 Å². The second-order valence-electron chi connectivity index (χ2n) is 3.94. The maximum Gasteiger partial charge on any atom is 0.160 e. The Balaban J connectivity index is 2.73. The fraction of sp³-hybridized carbons (Fsp3) is 0.500. The van der Waals surface area contributed by atoms with Crippen LogP contribution in [0.25, 0.3) is 0 Å². The Kier molecular flexibility index (Phi) is 3.67. The maximum atomic E-state index is 9.34. The average molecular weight is 194 g/mol. The summed E-state index contributed by atoms with van der Waals surface area (Å²) >= 11 is 0. The minimum Gasteiger partial charge on any atom is -0.366 e. The van der Waals surface area contributed by atoms with Crippen molar-refractivity contribution in [2.24, 2.45) is 0 Å². The lowest BCUT2D eigenvalue weighted by Gasteiger charge is -2.23. The number of rotatable bonds is 4. The van der Waals surface area contributed by atoms with Gasteiger partial charge in [0.25, 0.3) is 0 Å². The molecule has 0 heterocycles. The summed E-state index contributed by atoms with van der Waals surface area (Å²) in [5, 5.41) is 18.7. The molecule has 1 unspecified atom stereocenters. The molecule has 0 fully saturated rings. The van der Waals surface area contributed by atoms with Gasteiger partial charge in [-0.05, 0) is 24.8 Å². The molecule has 0 spiro atoms. The number of hydrogen-bond acceptors (Lipinski definition) is 2. The highest BCUT2D eigenvalue weighted by molar-refractivity contribution is 5.19. The second-order valence-corrected chi connectivity index (χ2v) is 3.94. The van der Waals surface area contributed by atoms with Crippen LogP contribution in [0.2, 0.25) is 0 Å². The fourth-order valence-electron chi connectivity index (χ4n) is 1.69. The molecule has 2 N–H and O–H groups in total. The Bertz CT molecular complexity index is 261. The zero-order chi connectivity index (χ0) is 10.6. The van der Waals surface area contributed by atoms with Crippen LogP contribution in [0.15, 0.2) is 30.3 Å². The largest absolute Gasteiger partial charge is 0.366 e. The Morgan fingerprint density at radius 2 is 1.79 bits per heavy atom. The zero-order valence-electron chi connectivity index (χ0n) is 8.77. The molecule has 0 aliphatic rings. The Morgan fingerprint density at radius 1 is 1.21 bits per heavy atom. The third kappa shape index (κ3) is 3.48. The van der Waals surface area contributed by atoms with Crippen molar-refractivity contribution in [1.82, 2.24) is 0 Å². The molecular formula is C12H18O2. The number of aliphatic hydroxyl groups is 2. The van der Waals surface area contributed by atoms with Crippen molar-refractivity contribution in [3.05, 3.63) is 35.9 Å².